The minimum atomic E-state index is -0.594. The molecule has 2 aliphatic rings. The summed E-state index contributed by atoms with van der Waals surface area (Å²) >= 11 is 0. The fourth-order valence-electron chi connectivity index (χ4n) is 7.45. The van der Waals surface area contributed by atoms with Gasteiger partial charge in [0.2, 0.25) is 0 Å². The third kappa shape index (κ3) is 4.22. The molecule has 0 bridgehead atoms. The second-order valence-electron chi connectivity index (χ2n) is 11.9. The van der Waals surface area contributed by atoms with E-state index in [0.717, 1.165) is 28.9 Å². The van der Waals surface area contributed by atoms with E-state index in [9.17, 15) is 0 Å². The summed E-state index contributed by atoms with van der Waals surface area (Å²) in [6, 6.07) is 57.0. The summed E-state index contributed by atoms with van der Waals surface area (Å²) in [5.41, 5.74) is 11.2. The van der Waals surface area contributed by atoms with E-state index in [0.29, 0.717) is 0 Å². The van der Waals surface area contributed by atoms with Crippen LogP contribution in [-0.4, -0.2) is 16.5 Å². The summed E-state index contributed by atoms with van der Waals surface area (Å²) in [7, 11) is 2.04. The summed E-state index contributed by atoms with van der Waals surface area (Å²) in [4.78, 5) is 4.19. The van der Waals surface area contributed by atoms with E-state index in [4.69, 9.17) is 0 Å². The average molecular weight is 771 g/mol. The summed E-state index contributed by atoms with van der Waals surface area (Å²) in [5.74, 6) is 0. The van der Waals surface area contributed by atoms with Crippen molar-refractivity contribution in [1.82, 2.24) is 9.47 Å². The van der Waals surface area contributed by atoms with Gasteiger partial charge in [0, 0.05) is 17.5 Å². The van der Waals surface area contributed by atoms with Crippen molar-refractivity contribution in [3.05, 3.63) is 192 Å². The Morgan fingerprint density at radius 1 is 0.674 bits per heavy atom. The van der Waals surface area contributed by atoms with Gasteiger partial charge in [-0.15, -0.1) is 27.8 Å². The smallest absolute Gasteiger partial charge is 0.510 e. The standard InChI is InChI=1S/C42H29N3.Pt/c1-43-24-25-44(29-43)33-15-11-14-31(26-33)42(38-19-8-5-16-34(38)35-17-6-9-20-39(35)42)32-22-23-41-37(27-32)36-18-7-10-21-40(36)45(41)28-30-12-3-2-4-13-30;/h2-12,14-21,23-25,27,29H,28H2,1H3;/q-4;+4. The first kappa shape index (κ1) is 28.6. The van der Waals surface area contributed by atoms with Crippen LogP contribution in [0.2, 0.25) is 0 Å². The van der Waals surface area contributed by atoms with Crippen LogP contribution in [-0.2, 0) is 33.0 Å². The fraction of sp³-hybridized carbons (Fsp3) is 0.0714. The van der Waals surface area contributed by atoms with E-state index < -0.39 is 5.41 Å². The number of para-hydroxylation sites is 1. The molecule has 0 saturated heterocycles. The fourth-order valence-corrected chi connectivity index (χ4v) is 7.45. The molecular formula is C42H29N3Pt. The molecule has 2 heterocycles. The van der Waals surface area contributed by atoms with Crippen molar-refractivity contribution in [3.63, 3.8) is 0 Å². The zero-order valence-electron chi connectivity index (χ0n) is 25.2. The van der Waals surface area contributed by atoms with Crippen LogP contribution in [0, 0.1) is 24.9 Å². The Morgan fingerprint density at radius 2 is 1.41 bits per heavy atom. The zero-order valence-corrected chi connectivity index (χ0v) is 27.5. The van der Waals surface area contributed by atoms with Gasteiger partial charge in [0.25, 0.3) is 0 Å². The summed E-state index contributed by atoms with van der Waals surface area (Å²) in [5, 5.41) is 2.47. The summed E-state index contributed by atoms with van der Waals surface area (Å²) in [6.45, 7) is 2.83. The Balaban J connectivity index is 0.00000312. The first-order valence-corrected chi connectivity index (χ1v) is 15.4. The Bertz CT molecular complexity index is 2220. The first-order chi connectivity index (χ1) is 22.2. The van der Waals surface area contributed by atoms with Crippen LogP contribution in [0.15, 0.2) is 140 Å². The second-order valence-corrected chi connectivity index (χ2v) is 11.9. The summed E-state index contributed by atoms with van der Waals surface area (Å²) in [6.07, 6.45) is 4.14. The quantitative estimate of drug-likeness (QED) is 0.162. The van der Waals surface area contributed by atoms with Gasteiger partial charge in [0.05, 0.1) is 0 Å². The van der Waals surface area contributed by atoms with Crippen molar-refractivity contribution in [2.24, 2.45) is 0 Å². The molecule has 0 atom stereocenters. The molecule has 3 nitrogen and oxygen atoms in total. The van der Waals surface area contributed by atoms with E-state index in [-0.39, 0.29) is 21.1 Å². The van der Waals surface area contributed by atoms with E-state index in [1.807, 2.05) is 19.2 Å². The molecule has 9 rings (SSSR count). The molecule has 4 heteroatoms. The molecule has 0 unspecified atom stereocenters. The van der Waals surface area contributed by atoms with Crippen molar-refractivity contribution in [2.45, 2.75) is 12.0 Å². The number of hydrogen-bond donors (Lipinski definition) is 0. The molecule has 1 aliphatic carbocycles. The zero-order chi connectivity index (χ0) is 30.0. The number of anilines is 1. The third-order valence-corrected chi connectivity index (χ3v) is 9.39. The van der Waals surface area contributed by atoms with Gasteiger partial charge in [-0.2, -0.15) is 79.5 Å². The van der Waals surface area contributed by atoms with Crippen molar-refractivity contribution >= 4 is 27.5 Å². The number of fused-ring (bicyclic) bond motifs is 6. The van der Waals surface area contributed by atoms with Crippen LogP contribution in [0.5, 0.6) is 0 Å². The normalized spacial score (nSPS) is 14.5. The van der Waals surface area contributed by atoms with Crippen molar-refractivity contribution in [3.8, 4) is 11.1 Å². The van der Waals surface area contributed by atoms with E-state index in [1.165, 1.54) is 44.1 Å². The van der Waals surface area contributed by atoms with E-state index >= 15 is 0 Å². The Kier molecular flexibility index (Phi) is 6.96. The molecule has 46 heavy (non-hydrogen) atoms. The van der Waals surface area contributed by atoms with Gasteiger partial charge in [0.15, 0.2) is 0 Å². The SMILES string of the molecule is CN1C=CN(c2[c-]c(C3(c4[c-]cc5c(c4)c4ccccc4n5Cc4[c-]cccc4)c4ccccc4-c4ccccc43)ccc2)[CH-]1.[Pt+4]. The van der Waals surface area contributed by atoms with Gasteiger partial charge < -0.3 is 14.4 Å². The van der Waals surface area contributed by atoms with Crippen LogP contribution >= 0.6 is 0 Å². The largest absolute Gasteiger partial charge is 4.00 e. The number of nitrogens with zero attached hydrogens (tertiary/aromatic N) is 3. The molecule has 0 spiro atoms. The predicted molar refractivity (Wildman–Crippen MR) is 182 cm³/mol. The van der Waals surface area contributed by atoms with Crippen molar-refractivity contribution < 1.29 is 21.1 Å². The minimum absolute atomic E-state index is 0. The third-order valence-electron chi connectivity index (χ3n) is 9.39. The van der Waals surface area contributed by atoms with E-state index in [2.05, 4.69) is 167 Å². The minimum Gasteiger partial charge on any atom is -0.510 e. The van der Waals surface area contributed by atoms with Gasteiger partial charge in [-0.05, 0) is 53.2 Å². The molecule has 7 aromatic rings. The van der Waals surface area contributed by atoms with Crippen LogP contribution in [0.25, 0.3) is 32.9 Å². The molecule has 1 aliphatic heterocycles. The Morgan fingerprint density at radius 3 is 2.15 bits per heavy atom. The second kappa shape index (κ2) is 11.2. The van der Waals surface area contributed by atoms with Gasteiger partial charge in [-0.3, -0.25) is 0 Å². The van der Waals surface area contributed by atoms with Crippen LogP contribution < -0.4 is 4.90 Å². The molecular weight excluding hydrogens is 742 g/mol. The van der Waals surface area contributed by atoms with E-state index in [1.54, 1.807) is 0 Å². The monoisotopic (exact) mass is 770 g/mol. The first-order valence-electron chi connectivity index (χ1n) is 15.4. The average Bonchev–Trinajstić information content (AvgIpc) is 3.76. The van der Waals surface area contributed by atoms with Gasteiger partial charge >= 0.3 is 21.1 Å². The van der Waals surface area contributed by atoms with Crippen LogP contribution in [0.3, 0.4) is 0 Å². The van der Waals surface area contributed by atoms with Crippen LogP contribution in [0.1, 0.15) is 27.8 Å². The number of aromatic nitrogens is 1. The molecule has 0 N–H and O–H groups in total. The van der Waals surface area contributed by atoms with Gasteiger partial charge in [-0.1, -0.05) is 72.2 Å². The molecule has 0 radical (unpaired) electrons. The molecule has 222 valence electrons. The topological polar surface area (TPSA) is 11.4 Å². The molecule has 1 aromatic heterocycles. The number of benzene rings is 6. The molecule has 0 saturated carbocycles. The maximum absolute atomic E-state index is 3.88. The summed E-state index contributed by atoms with van der Waals surface area (Å²) < 4.78 is 2.40. The molecule has 6 aromatic carbocycles. The maximum atomic E-state index is 3.88. The Hall–Kier alpha value is -4.85. The maximum Gasteiger partial charge on any atom is 4.00 e. The van der Waals surface area contributed by atoms with Crippen molar-refractivity contribution in [2.75, 3.05) is 11.9 Å². The predicted octanol–water partition coefficient (Wildman–Crippen LogP) is 8.95. The molecule has 0 amide bonds. The van der Waals surface area contributed by atoms with Gasteiger partial charge in [0.1, 0.15) is 0 Å². The number of rotatable bonds is 5. The Labute approximate surface area is 284 Å². The van der Waals surface area contributed by atoms with Gasteiger partial charge in [-0.25, -0.2) is 0 Å². The number of hydrogen-bond acceptors (Lipinski definition) is 2. The van der Waals surface area contributed by atoms with Crippen LogP contribution in [0.4, 0.5) is 5.69 Å². The van der Waals surface area contributed by atoms with Crippen molar-refractivity contribution in [1.29, 1.82) is 0 Å². The molecule has 0 fully saturated rings.